The molecule has 4 heteroatoms. The van der Waals surface area contributed by atoms with E-state index in [-0.39, 0.29) is 12.6 Å². The van der Waals surface area contributed by atoms with Gasteiger partial charge in [-0.15, -0.1) is 11.3 Å². The van der Waals surface area contributed by atoms with Crippen molar-refractivity contribution in [3.8, 4) is 0 Å². The molecule has 0 saturated heterocycles. The van der Waals surface area contributed by atoms with Crippen molar-refractivity contribution in [2.45, 2.75) is 12.6 Å². The summed E-state index contributed by atoms with van der Waals surface area (Å²) in [5.41, 5.74) is 7.72. The first-order chi connectivity index (χ1) is 8.31. The van der Waals surface area contributed by atoms with Crippen molar-refractivity contribution in [1.29, 1.82) is 0 Å². The predicted octanol–water partition coefficient (Wildman–Crippen LogP) is 2.15. The summed E-state index contributed by atoms with van der Waals surface area (Å²) in [5.74, 6) is 0. The van der Waals surface area contributed by atoms with Crippen LogP contribution < -0.4 is 11.1 Å². The smallest absolute Gasteiger partial charge is 0.0626 e. The monoisotopic (exact) mass is 248 g/mol. The standard InChI is InChI=1S/C13H16N2OS/c14-11-6-7-17-13(11)8-15-12(9-16)10-4-2-1-3-5-10/h1-7,12,15-16H,8-9,14H2/t12-/m1/s1. The number of thiophene rings is 1. The van der Waals surface area contributed by atoms with Gasteiger partial charge in [0.15, 0.2) is 0 Å². The Morgan fingerprint density at radius 2 is 2.00 bits per heavy atom. The minimum atomic E-state index is -0.0438. The number of nitrogens with one attached hydrogen (secondary N) is 1. The molecular weight excluding hydrogens is 232 g/mol. The first-order valence-electron chi connectivity index (χ1n) is 5.52. The van der Waals surface area contributed by atoms with Gasteiger partial charge in [0.05, 0.1) is 12.6 Å². The van der Waals surface area contributed by atoms with E-state index >= 15 is 0 Å². The molecule has 0 bridgehead atoms. The zero-order valence-corrected chi connectivity index (χ0v) is 10.3. The van der Waals surface area contributed by atoms with Gasteiger partial charge in [-0.05, 0) is 17.0 Å². The van der Waals surface area contributed by atoms with Crippen molar-refractivity contribution in [2.75, 3.05) is 12.3 Å². The maximum absolute atomic E-state index is 9.39. The minimum Gasteiger partial charge on any atom is -0.398 e. The molecule has 1 aromatic carbocycles. The molecule has 90 valence electrons. The lowest BCUT2D eigenvalue weighted by Gasteiger charge is -2.16. The Labute approximate surface area is 105 Å². The van der Waals surface area contributed by atoms with Crippen molar-refractivity contribution < 1.29 is 5.11 Å². The third-order valence-electron chi connectivity index (χ3n) is 2.67. The van der Waals surface area contributed by atoms with Crippen LogP contribution in [0, 0.1) is 0 Å². The highest BCUT2D eigenvalue weighted by Crippen LogP contribution is 2.20. The van der Waals surface area contributed by atoms with Crippen LogP contribution >= 0.6 is 11.3 Å². The fourth-order valence-corrected chi connectivity index (χ4v) is 2.43. The Kier molecular flexibility index (Phi) is 4.14. The van der Waals surface area contributed by atoms with Crippen molar-refractivity contribution in [3.63, 3.8) is 0 Å². The molecule has 1 heterocycles. The number of aliphatic hydroxyl groups excluding tert-OH is 1. The number of rotatable bonds is 5. The highest BCUT2D eigenvalue weighted by Gasteiger charge is 2.10. The zero-order valence-electron chi connectivity index (χ0n) is 9.47. The van der Waals surface area contributed by atoms with Crippen LogP contribution in [-0.4, -0.2) is 11.7 Å². The summed E-state index contributed by atoms with van der Waals surface area (Å²) < 4.78 is 0. The van der Waals surface area contributed by atoms with E-state index in [1.165, 1.54) is 0 Å². The lowest BCUT2D eigenvalue weighted by atomic mass is 10.1. The highest BCUT2D eigenvalue weighted by atomic mass is 32.1. The van der Waals surface area contributed by atoms with Gasteiger partial charge in [0, 0.05) is 17.1 Å². The fourth-order valence-electron chi connectivity index (χ4n) is 1.68. The molecule has 2 rings (SSSR count). The summed E-state index contributed by atoms with van der Waals surface area (Å²) in [7, 11) is 0. The number of nitrogens with two attached hydrogens (primary N) is 1. The van der Waals surface area contributed by atoms with Crippen molar-refractivity contribution in [1.82, 2.24) is 5.32 Å². The van der Waals surface area contributed by atoms with E-state index in [0.29, 0.717) is 6.54 Å². The summed E-state index contributed by atoms with van der Waals surface area (Å²) >= 11 is 1.63. The topological polar surface area (TPSA) is 58.3 Å². The molecule has 0 spiro atoms. The Morgan fingerprint density at radius 1 is 1.24 bits per heavy atom. The van der Waals surface area contributed by atoms with Crippen LogP contribution in [0.1, 0.15) is 16.5 Å². The molecular formula is C13H16N2OS. The molecule has 3 nitrogen and oxygen atoms in total. The first-order valence-corrected chi connectivity index (χ1v) is 6.40. The van der Waals surface area contributed by atoms with Crippen LogP contribution in [0.4, 0.5) is 5.69 Å². The second-order valence-corrected chi connectivity index (χ2v) is 4.83. The maximum Gasteiger partial charge on any atom is 0.0626 e. The molecule has 0 aliphatic heterocycles. The van der Waals surface area contributed by atoms with Crippen LogP contribution in [0.3, 0.4) is 0 Å². The molecule has 0 aliphatic carbocycles. The van der Waals surface area contributed by atoms with Gasteiger partial charge in [0.25, 0.3) is 0 Å². The molecule has 0 aliphatic rings. The predicted molar refractivity (Wildman–Crippen MR) is 71.8 cm³/mol. The Morgan fingerprint density at radius 3 is 2.59 bits per heavy atom. The van der Waals surface area contributed by atoms with Crippen LogP contribution in [0.25, 0.3) is 0 Å². The largest absolute Gasteiger partial charge is 0.398 e. The van der Waals surface area contributed by atoms with E-state index in [1.807, 2.05) is 41.8 Å². The lowest BCUT2D eigenvalue weighted by Crippen LogP contribution is -2.23. The van der Waals surface area contributed by atoms with Gasteiger partial charge >= 0.3 is 0 Å². The van der Waals surface area contributed by atoms with Gasteiger partial charge in [0.2, 0.25) is 0 Å². The second-order valence-electron chi connectivity index (χ2n) is 3.83. The van der Waals surface area contributed by atoms with E-state index in [1.54, 1.807) is 11.3 Å². The number of hydrogen-bond acceptors (Lipinski definition) is 4. The SMILES string of the molecule is Nc1ccsc1CN[C@H](CO)c1ccccc1. The average molecular weight is 248 g/mol. The van der Waals surface area contributed by atoms with Crippen LogP contribution in [0.2, 0.25) is 0 Å². The summed E-state index contributed by atoms with van der Waals surface area (Å²) in [6.07, 6.45) is 0. The van der Waals surface area contributed by atoms with Gasteiger partial charge in [-0.25, -0.2) is 0 Å². The van der Waals surface area contributed by atoms with Crippen LogP contribution in [0.5, 0.6) is 0 Å². The zero-order chi connectivity index (χ0) is 12.1. The normalized spacial score (nSPS) is 12.5. The number of benzene rings is 1. The van der Waals surface area contributed by atoms with E-state index < -0.39 is 0 Å². The fraction of sp³-hybridized carbons (Fsp3) is 0.231. The second kappa shape index (κ2) is 5.82. The van der Waals surface area contributed by atoms with Crippen LogP contribution in [-0.2, 0) is 6.54 Å². The number of nitrogen functional groups attached to an aromatic ring is 1. The molecule has 0 radical (unpaired) electrons. The molecule has 4 N–H and O–H groups in total. The Balaban J connectivity index is 1.99. The van der Waals surface area contributed by atoms with E-state index in [2.05, 4.69) is 5.32 Å². The lowest BCUT2D eigenvalue weighted by molar-refractivity contribution is 0.244. The molecule has 2 aromatic rings. The van der Waals surface area contributed by atoms with Crippen LogP contribution in [0.15, 0.2) is 41.8 Å². The average Bonchev–Trinajstić information content (AvgIpc) is 2.77. The van der Waals surface area contributed by atoms with Gasteiger partial charge in [0.1, 0.15) is 0 Å². The van der Waals surface area contributed by atoms with Gasteiger partial charge in [-0.3, -0.25) is 0 Å². The molecule has 0 amide bonds. The molecule has 17 heavy (non-hydrogen) atoms. The minimum absolute atomic E-state index is 0.0438. The van der Waals surface area contributed by atoms with E-state index in [9.17, 15) is 5.11 Å². The summed E-state index contributed by atoms with van der Waals surface area (Å²) in [5, 5.41) is 14.7. The van der Waals surface area contributed by atoms with Gasteiger partial charge in [-0.1, -0.05) is 30.3 Å². The molecule has 0 saturated carbocycles. The maximum atomic E-state index is 9.39. The summed E-state index contributed by atoms with van der Waals surface area (Å²) in [6, 6.07) is 11.8. The third-order valence-corrected chi connectivity index (χ3v) is 3.61. The molecule has 0 fully saturated rings. The third kappa shape index (κ3) is 3.06. The first kappa shape index (κ1) is 12.1. The Hall–Kier alpha value is -1.36. The van der Waals surface area contributed by atoms with Gasteiger partial charge in [-0.2, -0.15) is 0 Å². The quantitative estimate of drug-likeness (QED) is 0.760. The highest BCUT2D eigenvalue weighted by molar-refractivity contribution is 7.10. The number of anilines is 1. The summed E-state index contributed by atoms with van der Waals surface area (Å²) in [4.78, 5) is 1.11. The van der Waals surface area contributed by atoms with Crippen molar-refractivity contribution in [3.05, 3.63) is 52.2 Å². The van der Waals surface area contributed by atoms with Crippen molar-refractivity contribution in [2.24, 2.45) is 0 Å². The molecule has 1 atom stereocenters. The van der Waals surface area contributed by atoms with Crippen molar-refractivity contribution >= 4 is 17.0 Å². The van der Waals surface area contributed by atoms with Gasteiger partial charge < -0.3 is 16.2 Å². The van der Waals surface area contributed by atoms with E-state index in [4.69, 9.17) is 5.73 Å². The van der Waals surface area contributed by atoms with E-state index in [0.717, 1.165) is 16.1 Å². The Bertz CT molecular complexity index is 455. The number of hydrogen-bond donors (Lipinski definition) is 3. The number of aliphatic hydroxyl groups is 1. The molecule has 1 aromatic heterocycles. The summed E-state index contributed by atoms with van der Waals surface area (Å²) in [6.45, 7) is 0.763. The molecule has 0 unspecified atom stereocenters.